The molecule has 10 heteroatoms. The van der Waals surface area contributed by atoms with Gasteiger partial charge in [-0.2, -0.15) is 0 Å². The highest BCUT2D eigenvalue weighted by Crippen LogP contribution is 2.44. The van der Waals surface area contributed by atoms with Gasteiger partial charge in [-0.05, 0) is 131 Å². The lowest BCUT2D eigenvalue weighted by Crippen LogP contribution is -2.33. The molecular weight excluding hydrogens is 883 g/mol. The zero-order valence-corrected chi connectivity index (χ0v) is 46.1. The van der Waals surface area contributed by atoms with Gasteiger partial charge in [-0.1, -0.05) is 119 Å². The minimum absolute atomic E-state index is 0.125. The monoisotopic (exact) mass is 972 g/mol. The average Bonchev–Trinajstić information content (AvgIpc) is 4.01. The van der Waals surface area contributed by atoms with Crippen LogP contribution in [0.1, 0.15) is 215 Å². The van der Waals surface area contributed by atoms with Gasteiger partial charge in [0.1, 0.15) is 6.61 Å². The van der Waals surface area contributed by atoms with Gasteiger partial charge in [0.05, 0.1) is 36.2 Å². The summed E-state index contributed by atoms with van der Waals surface area (Å²) in [5.74, 6) is 0.982. The second-order valence-corrected chi connectivity index (χ2v) is 21.4. The molecule has 5 rings (SSSR count). The van der Waals surface area contributed by atoms with E-state index < -0.39 is 5.97 Å². The molecule has 2 aliphatic rings. The number of aromatic nitrogens is 4. The molecule has 10 nitrogen and oxygen atoms in total. The summed E-state index contributed by atoms with van der Waals surface area (Å²) in [6.45, 7) is 31.7. The largest absolute Gasteiger partial charge is 0.469 e. The SMILES string of the molecule is C=Cc1c(C)c2cc3nc(c(CC(=O)OC)c4nc(cc5[nH]c(cc1[nH]2)c(C)c5CC)C(C)=C4C(=O)N(CCC)CCC)C(CCC(=O)OCC=C(C)CCCC(C)CCCC(C)CCCC(C)C)C3C. The standard InChI is InChI=1S/C61H89N5O5/c1-15-31-66(32-16-2)61(69)58-45(13)53-37-55-47(18-4)43(11)51(63-55)36-54-46(17-3)42(10)50(62-54)35-52-44(12)48(59(64-52)49(60(58)65-53)34-57(68)70-14)28-29-56(67)71-33-30-41(9)27-21-26-40(8)25-20-24-39(7)23-19-22-38(5)6/h17,30,35-40,44,48,62-63H,3,15-16,18-29,31-34H2,1-2,4-14H3. The predicted octanol–water partition coefficient (Wildman–Crippen LogP) is 15.0. The van der Waals surface area contributed by atoms with Crippen LogP contribution in [0.25, 0.3) is 39.3 Å². The molecule has 2 N–H and O–H groups in total. The zero-order chi connectivity index (χ0) is 51.9. The summed E-state index contributed by atoms with van der Waals surface area (Å²) in [4.78, 5) is 62.2. The Morgan fingerprint density at radius 2 is 1.42 bits per heavy atom. The number of H-pyrrole nitrogens is 2. The van der Waals surface area contributed by atoms with Gasteiger partial charge in [-0.15, -0.1) is 0 Å². The molecular formula is C61H89N5O5. The van der Waals surface area contributed by atoms with Gasteiger partial charge in [0, 0.05) is 70.2 Å². The van der Waals surface area contributed by atoms with Gasteiger partial charge in [0.25, 0.3) is 5.91 Å². The number of aromatic amines is 2. The first-order valence-electron chi connectivity index (χ1n) is 27.2. The lowest BCUT2D eigenvalue weighted by atomic mass is 9.84. The number of amides is 1. The number of fused-ring (bicyclic) bond motifs is 8. The number of carbonyl (C=O) groups is 3. The van der Waals surface area contributed by atoms with Crippen LogP contribution >= 0.6 is 0 Å². The zero-order valence-electron chi connectivity index (χ0n) is 46.1. The first-order chi connectivity index (χ1) is 34.0. The third kappa shape index (κ3) is 14.7. The summed E-state index contributed by atoms with van der Waals surface area (Å²) in [5, 5.41) is 0. The Kier molecular flexibility index (Phi) is 21.5. The Labute approximate surface area is 427 Å². The summed E-state index contributed by atoms with van der Waals surface area (Å²) in [7, 11) is 1.38. The van der Waals surface area contributed by atoms with Crippen LogP contribution in [0.5, 0.6) is 0 Å². The van der Waals surface area contributed by atoms with Crippen LogP contribution in [-0.4, -0.2) is 69.5 Å². The molecule has 4 unspecified atom stereocenters. The van der Waals surface area contributed by atoms with Gasteiger partial charge in [0.15, 0.2) is 0 Å². The Hall–Kier alpha value is -5.25. The maximum atomic E-state index is 15.0. The van der Waals surface area contributed by atoms with E-state index in [-0.39, 0.29) is 43.2 Å². The first-order valence-corrected chi connectivity index (χ1v) is 27.2. The van der Waals surface area contributed by atoms with E-state index in [1.54, 1.807) is 0 Å². The number of nitrogens with one attached hydrogen (secondary N) is 2. The molecule has 0 fully saturated rings. The van der Waals surface area contributed by atoms with E-state index in [9.17, 15) is 14.4 Å². The highest BCUT2D eigenvalue weighted by atomic mass is 16.5. The minimum Gasteiger partial charge on any atom is -0.469 e. The number of hydrogen-bond acceptors (Lipinski definition) is 7. The lowest BCUT2D eigenvalue weighted by molar-refractivity contribution is -0.143. The van der Waals surface area contributed by atoms with Crippen molar-refractivity contribution in [2.24, 2.45) is 17.8 Å². The summed E-state index contributed by atoms with van der Waals surface area (Å²) in [6.07, 6.45) is 18.0. The second-order valence-electron chi connectivity index (χ2n) is 21.4. The van der Waals surface area contributed by atoms with Crippen molar-refractivity contribution in [2.75, 3.05) is 26.8 Å². The van der Waals surface area contributed by atoms with Crippen LogP contribution in [0.2, 0.25) is 0 Å². The van der Waals surface area contributed by atoms with Gasteiger partial charge >= 0.3 is 11.9 Å². The molecule has 5 heterocycles. The number of rotatable bonds is 26. The van der Waals surface area contributed by atoms with Crippen molar-refractivity contribution in [1.82, 2.24) is 24.8 Å². The number of hydrogen-bond donors (Lipinski definition) is 2. The number of ether oxygens (including phenoxy) is 2. The van der Waals surface area contributed by atoms with Gasteiger partial charge in [-0.3, -0.25) is 19.4 Å². The Balaban J connectivity index is 1.50. The highest BCUT2D eigenvalue weighted by molar-refractivity contribution is 6.27. The first kappa shape index (κ1) is 56.7. The van der Waals surface area contributed by atoms with E-state index in [0.29, 0.717) is 53.6 Å². The maximum absolute atomic E-state index is 15.0. The molecule has 0 saturated heterocycles. The van der Waals surface area contributed by atoms with Crippen LogP contribution in [0.15, 0.2) is 36.4 Å². The predicted molar refractivity (Wildman–Crippen MR) is 295 cm³/mol. The fourth-order valence-corrected chi connectivity index (χ4v) is 10.8. The topological polar surface area (TPSA) is 130 Å². The van der Waals surface area contributed by atoms with Crippen molar-refractivity contribution in [3.63, 3.8) is 0 Å². The number of carbonyl (C=O) groups excluding carboxylic acids is 3. The summed E-state index contributed by atoms with van der Waals surface area (Å²) < 4.78 is 11.2. The normalized spacial score (nSPS) is 15.8. The Morgan fingerprint density at radius 1 is 0.789 bits per heavy atom. The maximum Gasteiger partial charge on any atom is 0.310 e. The quantitative estimate of drug-likeness (QED) is 0.0605. The van der Waals surface area contributed by atoms with Crippen LogP contribution in [-0.2, 0) is 36.7 Å². The van der Waals surface area contributed by atoms with E-state index >= 15 is 0 Å². The van der Waals surface area contributed by atoms with Crippen molar-refractivity contribution >= 4 is 57.1 Å². The summed E-state index contributed by atoms with van der Waals surface area (Å²) >= 11 is 0. The summed E-state index contributed by atoms with van der Waals surface area (Å²) in [5.41, 5.74) is 13.5. The van der Waals surface area contributed by atoms with Crippen molar-refractivity contribution in [2.45, 2.75) is 191 Å². The number of methoxy groups -OCH3 is 1. The lowest BCUT2D eigenvalue weighted by Gasteiger charge is -2.23. The van der Waals surface area contributed by atoms with E-state index in [1.807, 2.05) is 30.0 Å². The molecule has 3 aromatic heterocycles. The average molecular weight is 972 g/mol. The van der Waals surface area contributed by atoms with Crippen LogP contribution in [0.4, 0.5) is 0 Å². The van der Waals surface area contributed by atoms with Gasteiger partial charge in [0.2, 0.25) is 0 Å². The molecule has 388 valence electrons. The fraction of sp³-hybridized carbons (Fsp3) is 0.590. The third-order valence-electron chi connectivity index (χ3n) is 15.2. The second kappa shape index (κ2) is 27.0. The van der Waals surface area contributed by atoms with Gasteiger partial charge in [-0.25, -0.2) is 4.98 Å². The van der Waals surface area contributed by atoms with Crippen LogP contribution in [0.3, 0.4) is 0 Å². The number of esters is 2. The molecule has 3 aromatic rings. The van der Waals surface area contributed by atoms with Crippen molar-refractivity contribution < 1.29 is 23.9 Å². The van der Waals surface area contributed by atoms with E-state index in [1.165, 1.54) is 57.6 Å². The molecule has 4 atom stereocenters. The molecule has 1 amide bonds. The van der Waals surface area contributed by atoms with E-state index in [4.69, 9.17) is 19.4 Å². The van der Waals surface area contributed by atoms with Gasteiger partial charge < -0.3 is 24.3 Å². The van der Waals surface area contributed by atoms with Crippen LogP contribution in [0, 0.1) is 31.6 Å². The summed E-state index contributed by atoms with van der Waals surface area (Å²) in [6, 6.07) is 6.26. The molecule has 8 bridgehead atoms. The van der Waals surface area contributed by atoms with Crippen LogP contribution < -0.4 is 0 Å². The molecule has 2 aliphatic heterocycles. The molecule has 71 heavy (non-hydrogen) atoms. The van der Waals surface area contributed by atoms with E-state index in [2.05, 4.69) is 105 Å². The third-order valence-corrected chi connectivity index (χ3v) is 15.2. The molecule has 0 spiro atoms. The molecule has 0 radical (unpaired) electrons. The van der Waals surface area contributed by atoms with E-state index in [0.717, 1.165) is 99.5 Å². The molecule has 0 aromatic carbocycles. The van der Waals surface area contributed by atoms with Crippen molar-refractivity contribution in [1.29, 1.82) is 0 Å². The van der Waals surface area contributed by atoms with Crippen molar-refractivity contribution in [3.8, 4) is 0 Å². The Morgan fingerprint density at radius 3 is 2.04 bits per heavy atom. The minimum atomic E-state index is -0.466. The smallest absolute Gasteiger partial charge is 0.310 e. The number of aryl methyl sites for hydroxylation is 3. The Bertz CT molecular complexity index is 2570. The number of allylic oxidation sites excluding steroid dienone is 2. The molecule has 0 aliphatic carbocycles. The molecule has 0 saturated carbocycles. The fourth-order valence-electron chi connectivity index (χ4n) is 10.8. The highest BCUT2D eigenvalue weighted by Gasteiger charge is 2.36. The number of nitrogens with zero attached hydrogens (tertiary/aromatic N) is 3. The van der Waals surface area contributed by atoms with Crippen molar-refractivity contribution in [3.05, 3.63) is 87.0 Å².